The zero-order chi connectivity index (χ0) is 22.9. The molecule has 0 aliphatic carbocycles. The Bertz CT molecular complexity index is 1210. The molecule has 3 aromatic rings. The SMILES string of the molecule is O=C(Oc1ccc(O)cc1OC(=O)c1c(I)ccc(I)c1I)c1c(I)ccc(I)c1I. The topological polar surface area (TPSA) is 72.8 Å². The molecule has 0 unspecified atom stereocenters. The highest BCUT2D eigenvalue weighted by molar-refractivity contribution is 14.1. The van der Waals surface area contributed by atoms with Gasteiger partial charge in [-0.3, -0.25) is 0 Å². The summed E-state index contributed by atoms with van der Waals surface area (Å²) in [6.07, 6.45) is 0. The van der Waals surface area contributed by atoms with Crippen molar-refractivity contribution in [2.75, 3.05) is 0 Å². The van der Waals surface area contributed by atoms with Crippen molar-refractivity contribution in [2.45, 2.75) is 0 Å². The van der Waals surface area contributed by atoms with E-state index in [-0.39, 0.29) is 17.2 Å². The van der Waals surface area contributed by atoms with E-state index in [1.54, 1.807) is 0 Å². The molecule has 0 bridgehead atoms. The molecule has 0 saturated heterocycles. The van der Waals surface area contributed by atoms with Crippen molar-refractivity contribution in [3.05, 3.63) is 75.0 Å². The number of ether oxygens (including phenoxy) is 2. The number of rotatable bonds is 4. The number of phenols is 1. The van der Waals surface area contributed by atoms with E-state index in [2.05, 4.69) is 136 Å². The number of hydrogen-bond donors (Lipinski definition) is 1. The van der Waals surface area contributed by atoms with E-state index in [0.717, 1.165) is 21.4 Å². The number of halogens is 6. The minimum absolute atomic E-state index is 0.0391. The van der Waals surface area contributed by atoms with Gasteiger partial charge in [-0.25, -0.2) is 9.59 Å². The van der Waals surface area contributed by atoms with Crippen LogP contribution in [0, 0.1) is 21.4 Å². The molecular formula is C20H8I6O5. The summed E-state index contributed by atoms with van der Waals surface area (Å²) in [7, 11) is 0. The number of carbonyl (C=O) groups excluding carboxylic acids is 2. The van der Waals surface area contributed by atoms with Gasteiger partial charge in [-0.1, -0.05) is 0 Å². The van der Waals surface area contributed by atoms with Gasteiger partial charge in [-0.2, -0.15) is 0 Å². The van der Waals surface area contributed by atoms with E-state index in [1.165, 1.54) is 18.2 Å². The third kappa shape index (κ3) is 6.27. The number of esters is 2. The fourth-order valence-electron chi connectivity index (χ4n) is 2.39. The van der Waals surface area contributed by atoms with Gasteiger partial charge in [0.2, 0.25) is 0 Å². The monoisotopic (exact) mass is 1090 g/mol. The molecule has 0 aliphatic rings. The van der Waals surface area contributed by atoms with Crippen LogP contribution in [0.1, 0.15) is 20.7 Å². The van der Waals surface area contributed by atoms with Crippen LogP contribution in [-0.2, 0) is 0 Å². The van der Waals surface area contributed by atoms with E-state index < -0.39 is 11.9 Å². The largest absolute Gasteiger partial charge is 0.508 e. The summed E-state index contributed by atoms with van der Waals surface area (Å²) >= 11 is 12.6. The van der Waals surface area contributed by atoms with Crippen molar-refractivity contribution >= 4 is 147 Å². The van der Waals surface area contributed by atoms with Crippen LogP contribution in [0.2, 0.25) is 0 Å². The maximum absolute atomic E-state index is 12.9. The second kappa shape index (κ2) is 11.5. The van der Waals surface area contributed by atoms with Gasteiger partial charge in [0.15, 0.2) is 11.5 Å². The molecule has 0 amide bonds. The summed E-state index contributed by atoms with van der Waals surface area (Å²) in [4.78, 5) is 25.8. The average molecular weight is 1090 g/mol. The van der Waals surface area contributed by atoms with Crippen molar-refractivity contribution in [2.24, 2.45) is 0 Å². The number of phenolic OH excluding ortho intramolecular Hbond substituents is 1. The van der Waals surface area contributed by atoms with Crippen molar-refractivity contribution in [1.29, 1.82) is 0 Å². The van der Waals surface area contributed by atoms with E-state index in [0.29, 0.717) is 11.1 Å². The molecule has 0 atom stereocenters. The highest BCUT2D eigenvalue weighted by Gasteiger charge is 2.23. The van der Waals surface area contributed by atoms with Crippen molar-refractivity contribution in [3.63, 3.8) is 0 Å². The molecule has 0 radical (unpaired) electrons. The first-order valence-electron chi connectivity index (χ1n) is 8.14. The van der Waals surface area contributed by atoms with Crippen LogP contribution in [0.4, 0.5) is 0 Å². The van der Waals surface area contributed by atoms with Gasteiger partial charge >= 0.3 is 11.9 Å². The normalized spacial score (nSPS) is 10.6. The fraction of sp³-hybridized carbons (Fsp3) is 0. The lowest BCUT2D eigenvalue weighted by Crippen LogP contribution is -2.16. The van der Waals surface area contributed by atoms with Gasteiger partial charge in [0.25, 0.3) is 0 Å². The first-order valence-corrected chi connectivity index (χ1v) is 14.6. The van der Waals surface area contributed by atoms with Crippen LogP contribution in [-0.4, -0.2) is 17.0 Å². The predicted molar refractivity (Wildman–Crippen MR) is 167 cm³/mol. The minimum atomic E-state index is -0.603. The van der Waals surface area contributed by atoms with E-state index in [9.17, 15) is 14.7 Å². The molecule has 3 aromatic carbocycles. The first kappa shape index (κ1) is 26.4. The third-order valence-electron chi connectivity index (χ3n) is 3.83. The van der Waals surface area contributed by atoms with Gasteiger partial charge in [0, 0.05) is 27.5 Å². The van der Waals surface area contributed by atoms with Gasteiger partial charge < -0.3 is 14.6 Å². The van der Waals surface area contributed by atoms with Crippen LogP contribution < -0.4 is 9.47 Å². The zero-order valence-corrected chi connectivity index (χ0v) is 27.8. The van der Waals surface area contributed by atoms with E-state index in [4.69, 9.17) is 9.47 Å². The van der Waals surface area contributed by atoms with Crippen LogP contribution in [0.25, 0.3) is 0 Å². The molecule has 0 aliphatic heterocycles. The Balaban J connectivity index is 1.96. The molecular weight excluding hydrogens is 1080 g/mol. The fourth-order valence-corrected chi connectivity index (χ4v) is 7.04. The molecule has 11 heteroatoms. The Hall–Kier alpha value is 0.780. The third-order valence-corrected chi connectivity index (χ3v) is 11.7. The smallest absolute Gasteiger partial charge is 0.345 e. The van der Waals surface area contributed by atoms with Gasteiger partial charge in [-0.15, -0.1) is 0 Å². The molecule has 0 spiro atoms. The van der Waals surface area contributed by atoms with Crippen LogP contribution in [0.3, 0.4) is 0 Å². The molecule has 31 heavy (non-hydrogen) atoms. The zero-order valence-electron chi connectivity index (χ0n) is 14.9. The number of hydrogen-bond acceptors (Lipinski definition) is 5. The molecule has 0 saturated carbocycles. The number of benzene rings is 3. The summed E-state index contributed by atoms with van der Waals surface area (Å²) in [6, 6.07) is 11.5. The van der Waals surface area contributed by atoms with Crippen molar-refractivity contribution in [3.8, 4) is 17.2 Å². The summed E-state index contributed by atoms with van der Waals surface area (Å²) in [5.74, 6) is -1.30. The number of carbonyl (C=O) groups is 2. The Kier molecular flexibility index (Phi) is 9.76. The van der Waals surface area contributed by atoms with E-state index >= 15 is 0 Å². The Labute approximate surface area is 259 Å². The van der Waals surface area contributed by atoms with Crippen molar-refractivity contribution in [1.82, 2.24) is 0 Å². The van der Waals surface area contributed by atoms with Crippen LogP contribution in [0.15, 0.2) is 42.5 Å². The van der Waals surface area contributed by atoms with Crippen molar-refractivity contribution < 1.29 is 24.2 Å². The first-order chi connectivity index (χ1) is 14.6. The Morgan fingerprint density at radius 3 is 1.52 bits per heavy atom. The molecule has 1 N–H and O–H groups in total. The predicted octanol–water partition coefficient (Wildman–Crippen LogP) is 7.46. The highest BCUT2D eigenvalue weighted by atomic mass is 127. The quantitative estimate of drug-likeness (QED) is 0.127. The Morgan fingerprint density at radius 2 is 1.03 bits per heavy atom. The molecule has 3 rings (SSSR count). The minimum Gasteiger partial charge on any atom is -0.508 e. The maximum Gasteiger partial charge on any atom is 0.345 e. The van der Waals surface area contributed by atoms with Gasteiger partial charge in [0.1, 0.15) is 5.75 Å². The standard InChI is InChI=1S/C20H8I6O5/c21-9-2-4-11(23)17(25)15(9)19(28)30-13-6-1-8(27)7-14(13)31-20(29)16-10(22)3-5-12(24)18(16)26/h1-7,27H. The molecule has 0 heterocycles. The lowest BCUT2D eigenvalue weighted by molar-refractivity contribution is 0.0679. The molecule has 160 valence electrons. The van der Waals surface area contributed by atoms with Crippen LogP contribution >= 0.6 is 136 Å². The molecule has 0 aromatic heterocycles. The van der Waals surface area contributed by atoms with E-state index in [1.807, 2.05) is 24.3 Å². The average Bonchev–Trinajstić information content (AvgIpc) is 2.70. The second-order valence-corrected chi connectivity index (χ2v) is 12.7. The Morgan fingerprint density at radius 1 is 0.613 bits per heavy atom. The summed E-state index contributed by atoms with van der Waals surface area (Å²) < 4.78 is 16.0. The summed E-state index contributed by atoms with van der Waals surface area (Å²) in [6.45, 7) is 0. The van der Waals surface area contributed by atoms with Gasteiger partial charge in [0.05, 0.1) is 11.1 Å². The lowest BCUT2D eigenvalue weighted by atomic mass is 10.2. The second-order valence-electron chi connectivity index (χ2n) is 5.85. The van der Waals surface area contributed by atoms with Gasteiger partial charge in [-0.05, 0) is 172 Å². The highest BCUT2D eigenvalue weighted by Crippen LogP contribution is 2.35. The lowest BCUT2D eigenvalue weighted by Gasteiger charge is -2.14. The summed E-state index contributed by atoms with van der Waals surface area (Å²) in [5, 5.41) is 9.91. The number of aromatic hydroxyl groups is 1. The molecule has 0 fully saturated rings. The maximum atomic E-state index is 12.9. The van der Waals surface area contributed by atoms with Crippen LogP contribution in [0.5, 0.6) is 17.2 Å². The summed E-state index contributed by atoms with van der Waals surface area (Å²) in [5.41, 5.74) is 0.843. The molecule has 5 nitrogen and oxygen atoms in total.